The van der Waals surface area contributed by atoms with E-state index in [-0.39, 0.29) is 5.69 Å². The molecule has 2 heterocycles. The van der Waals surface area contributed by atoms with Crippen LogP contribution in [0.4, 0.5) is 5.69 Å². The van der Waals surface area contributed by atoms with Gasteiger partial charge in [-0.2, -0.15) is 5.10 Å². The summed E-state index contributed by atoms with van der Waals surface area (Å²) in [4.78, 5) is 18.7. The Kier molecular flexibility index (Phi) is 3.48. The lowest BCUT2D eigenvalue weighted by molar-refractivity contribution is -0.384. The second kappa shape index (κ2) is 5.60. The van der Waals surface area contributed by atoms with Crippen molar-refractivity contribution < 1.29 is 9.66 Å². The lowest BCUT2D eigenvalue weighted by Gasteiger charge is -2.05. The molecule has 0 amide bonds. The Morgan fingerprint density at radius 3 is 2.68 bits per heavy atom. The number of ether oxygens (including phenoxy) is 1. The number of non-ortho nitro benzene ring substituents is 1. The number of H-pyrrole nitrogens is 1. The molecule has 1 aromatic carbocycles. The molecular weight excluding hydrogens is 286 g/mol. The molecule has 0 fully saturated rings. The van der Waals surface area contributed by atoms with Gasteiger partial charge in [0.15, 0.2) is 11.6 Å². The molecule has 3 aromatic rings. The summed E-state index contributed by atoms with van der Waals surface area (Å²) < 4.78 is 5.23. The highest BCUT2D eigenvalue weighted by molar-refractivity contribution is 5.69. The maximum atomic E-state index is 10.9. The van der Waals surface area contributed by atoms with Crippen molar-refractivity contribution >= 4 is 5.69 Å². The maximum absolute atomic E-state index is 10.9. The fourth-order valence-electron chi connectivity index (χ4n) is 2.01. The molecule has 22 heavy (non-hydrogen) atoms. The number of hydrogen-bond acceptors (Lipinski definition) is 6. The van der Waals surface area contributed by atoms with Crippen LogP contribution in [0, 0.1) is 10.1 Å². The molecule has 0 aliphatic rings. The Morgan fingerprint density at radius 2 is 2.00 bits per heavy atom. The van der Waals surface area contributed by atoms with Gasteiger partial charge in [-0.3, -0.25) is 20.2 Å². The molecule has 110 valence electrons. The van der Waals surface area contributed by atoms with Crippen LogP contribution in [0.15, 0.2) is 42.7 Å². The minimum atomic E-state index is -0.469. The third-order valence-corrected chi connectivity index (χ3v) is 3.07. The molecule has 0 atom stereocenters. The third kappa shape index (κ3) is 2.49. The fraction of sp³-hybridized carbons (Fsp3) is 0.0714. The highest BCUT2D eigenvalue weighted by atomic mass is 16.6. The Labute approximate surface area is 125 Å². The van der Waals surface area contributed by atoms with Gasteiger partial charge in [0.25, 0.3) is 5.69 Å². The van der Waals surface area contributed by atoms with Crippen molar-refractivity contribution in [3.05, 3.63) is 52.8 Å². The summed E-state index contributed by atoms with van der Waals surface area (Å²) in [7, 11) is 1.49. The number of methoxy groups -OCH3 is 1. The van der Waals surface area contributed by atoms with Gasteiger partial charge in [-0.05, 0) is 18.2 Å². The molecule has 8 nitrogen and oxygen atoms in total. The van der Waals surface area contributed by atoms with Crippen LogP contribution in [0.1, 0.15) is 0 Å². The zero-order chi connectivity index (χ0) is 15.5. The summed E-state index contributed by atoms with van der Waals surface area (Å²) in [6.07, 6.45) is 3.28. The molecule has 0 saturated carbocycles. The molecular formula is C14H11N5O3. The molecule has 0 unspecified atom stereocenters. The van der Waals surface area contributed by atoms with Gasteiger partial charge < -0.3 is 4.74 Å². The van der Waals surface area contributed by atoms with Gasteiger partial charge in [-0.25, -0.2) is 4.98 Å². The van der Waals surface area contributed by atoms with E-state index in [2.05, 4.69) is 20.2 Å². The van der Waals surface area contributed by atoms with Gasteiger partial charge in [0.05, 0.1) is 17.6 Å². The van der Waals surface area contributed by atoms with E-state index in [1.54, 1.807) is 24.5 Å². The van der Waals surface area contributed by atoms with Crippen molar-refractivity contribution in [1.29, 1.82) is 0 Å². The topological polar surface area (TPSA) is 107 Å². The van der Waals surface area contributed by atoms with Crippen molar-refractivity contribution in [3.63, 3.8) is 0 Å². The maximum Gasteiger partial charge on any atom is 0.270 e. The number of aromatic nitrogens is 4. The molecule has 1 N–H and O–H groups in total. The molecule has 0 saturated heterocycles. The van der Waals surface area contributed by atoms with Crippen LogP contribution in [-0.2, 0) is 0 Å². The summed E-state index contributed by atoms with van der Waals surface area (Å²) in [5.74, 6) is 1.35. The van der Waals surface area contributed by atoms with E-state index in [1.165, 1.54) is 25.3 Å². The number of rotatable bonds is 4. The predicted octanol–water partition coefficient (Wildman–Crippen LogP) is 2.45. The number of nitro groups is 1. The first-order valence-electron chi connectivity index (χ1n) is 6.34. The van der Waals surface area contributed by atoms with Crippen molar-refractivity contribution in [2.24, 2.45) is 0 Å². The summed E-state index contributed by atoms with van der Waals surface area (Å²) >= 11 is 0. The van der Waals surface area contributed by atoms with Crippen LogP contribution in [0.25, 0.3) is 22.8 Å². The van der Waals surface area contributed by atoms with Crippen molar-refractivity contribution in [2.75, 3.05) is 7.11 Å². The van der Waals surface area contributed by atoms with Gasteiger partial charge in [0.1, 0.15) is 5.75 Å². The number of hydrogen-bond donors (Lipinski definition) is 1. The molecule has 3 rings (SSSR count). The Balaban J connectivity index is 2.06. The molecule has 2 aromatic heterocycles. The van der Waals surface area contributed by atoms with Crippen LogP contribution in [-0.4, -0.2) is 32.2 Å². The average Bonchev–Trinajstić information content (AvgIpc) is 3.05. The first kappa shape index (κ1) is 13.7. The largest absolute Gasteiger partial charge is 0.496 e. The molecule has 0 radical (unpaired) electrons. The Morgan fingerprint density at radius 1 is 1.23 bits per heavy atom. The quantitative estimate of drug-likeness (QED) is 0.585. The van der Waals surface area contributed by atoms with Crippen LogP contribution in [0.2, 0.25) is 0 Å². The van der Waals surface area contributed by atoms with Gasteiger partial charge in [0, 0.05) is 30.1 Å². The van der Waals surface area contributed by atoms with E-state index in [1.807, 2.05) is 0 Å². The highest BCUT2D eigenvalue weighted by Crippen LogP contribution is 2.32. The average molecular weight is 297 g/mol. The zero-order valence-corrected chi connectivity index (χ0v) is 11.6. The van der Waals surface area contributed by atoms with Gasteiger partial charge in [0.2, 0.25) is 0 Å². The summed E-state index contributed by atoms with van der Waals surface area (Å²) in [6, 6.07) is 7.86. The molecule has 0 aliphatic carbocycles. The van der Waals surface area contributed by atoms with Crippen molar-refractivity contribution in [1.82, 2.24) is 20.2 Å². The minimum absolute atomic E-state index is 0.0438. The standard InChI is InChI=1S/C14H11N5O3/c1-22-12-3-2-10(19(20)21)8-11(12)14-16-13(17-18-14)9-4-6-15-7-5-9/h2-8H,1H3,(H,16,17,18). The van der Waals surface area contributed by atoms with Crippen molar-refractivity contribution in [3.8, 4) is 28.5 Å². The van der Waals surface area contributed by atoms with E-state index < -0.39 is 4.92 Å². The van der Waals surface area contributed by atoms with Gasteiger partial charge in [-0.15, -0.1) is 0 Å². The molecule has 8 heteroatoms. The summed E-state index contributed by atoms with van der Waals surface area (Å²) in [6.45, 7) is 0. The third-order valence-electron chi connectivity index (χ3n) is 3.07. The number of aromatic amines is 1. The smallest absolute Gasteiger partial charge is 0.270 e. The van der Waals surface area contributed by atoms with E-state index in [0.29, 0.717) is 23.0 Å². The number of nitrogens with zero attached hydrogens (tertiary/aromatic N) is 4. The predicted molar refractivity (Wildman–Crippen MR) is 78.3 cm³/mol. The zero-order valence-electron chi connectivity index (χ0n) is 11.6. The van der Waals surface area contributed by atoms with Crippen LogP contribution < -0.4 is 4.74 Å². The Hall–Kier alpha value is -3.29. The Bertz CT molecular complexity index is 816. The fourth-order valence-corrected chi connectivity index (χ4v) is 2.01. The van der Waals surface area contributed by atoms with E-state index in [4.69, 9.17) is 4.74 Å². The number of pyridine rings is 1. The van der Waals surface area contributed by atoms with Crippen LogP contribution in [0.3, 0.4) is 0 Å². The van der Waals surface area contributed by atoms with E-state index in [0.717, 1.165) is 5.56 Å². The summed E-state index contributed by atoms with van der Waals surface area (Å²) in [5.41, 5.74) is 1.23. The monoisotopic (exact) mass is 297 g/mol. The van der Waals surface area contributed by atoms with Gasteiger partial charge >= 0.3 is 0 Å². The van der Waals surface area contributed by atoms with Crippen LogP contribution >= 0.6 is 0 Å². The molecule has 0 aliphatic heterocycles. The van der Waals surface area contributed by atoms with E-state index >= 15 is 0 Å². The lowest BCUT2D eigenvalue weighted by Crippen LogP contribution is -1.93. The SMILES string of the molecule is COc1ccc([N+](=O)[O-])cc1-c1nc(-c2ccncc2)n[nH]1. The van der Waals surface area contributed by atoms with Crippen LogP contribution in [0.5, 0.6) is 5.75 Å². The first-order chi connectivity index (χ1) is 10.7. The second-order valence-corrected chi connectivity index (χ2v) is 4.39. The normalized spacial score (nSPS) is 10.4. The number of benzene rings is 1. The number of nitrogens with one attached hydrogen (secondary N) is 1. The van der Waals surface area contributed by atoms with E-state index in [9.17, 15) is 10.1 Å². The number of nitro benzene ring substituents is 1. The molecule has 0 spiro atoms. The first-order valence-corrected chi connectivity index (χ1v) is 6.34. The van der Waals surface area contributed by atoms with Crippen molar-refractivity contribution in [2.45, 2.75) is 0 Å². The lowest BCUT2D eigenvalue weighted by atomic mass is 10.1. The second-order valence-electron chi connectivity index (χ2n) is 4.39. The molecule has 0 bridgehead atoms. The highest BCUT2D eigenvalue weighted by Gasteiger charge is 2.16. The summed E-state index contributed by atoms with van der Waals surface area (Å²) in [5, 5.41) is 17.8. The van der Waals surface area contributed by atoms with Gasteiger partial charge in [-0.1, -0.05) is 0 Å². The minimum Gasteiger partial charge on any atom is -0.496 e.